The van der Waals surface area contributed by atoms with Crippen molar-refractivity contribution in [1.29, 1.82) is 0 Å². The lowest BCUT2D eigenvalue weighted by molar-refractivity contribution is -0.00000201. The quantitative estimate of drug-likeness (QED) is 0.422. The third kappa shape index (κ3) is 134. The third-order valence-electron chi connectivity index (χ3n) is 0. The Morgan fingerprint density at radius 3 is 1.17 bits per heavy atom. The lowest BCUT2D eigenvalue weighted by atomic mass is 10.1. The van der Waals surface area contributed by atoms with Crippen LogP contribution in [-0.4, -0.2) is 5.54 Å². The number of halogens is 1. The third-order valence-corrected chi connectivity index (χ3v) is 0. The summed E-state index contributed by atoms with van der Waals surface area (Å²) in [5.41, 5.74) is 5.35. The summed E-state index contributed by atoms with van der Waals surface area (Å²) in [7, 11) is 0. The van der Waals surface area contributed by atoms with Gasteiger partial charge in [0.15, 0.2) is 0 Å². The fraction of sp³-hybridized carbons (Fsp3) is 1.00. The monoisotopic (exact) mass is 202 g/mol. The molecule has 0 rings (SSSR count). The SMILES string of the molecule is CC(C)(C)N.[IH2+]. The van der Waals surface area contributed by atoms with Crippen molar-refractivity contribution in [1.82, 2.24) is 0 Å². The lowest BCUT2D eigenvalue weighted by Crippen LogP contribution is -3.00. The molecule has 0 aromatic heterocycles. The smallest absolute Gasteiger partial charge is 0.235 e. The molecule has 0 aromatic rings. The van der Waals surface area contributed by atoms with Crippen LogP contribution >= 0.6 is 0 Å². The normalized spacial score (nSPS) is 10.0. The highest BCUT2D eigenvalue weighted by Crippen LogP contribution is 1.88. The molecule has 0 amide bonds. The molecule has 6 heavy (non-hydrogen) atoms. The average molecular weight is 202 g/mol. The van der Waals surface area contributed by atoms with Crippen molar-refractivity contribution in [3.63, 3.8) is 0 Å². The van der Waals surface area contributed by atoms with Crippen LogP contribution in [0.15, 0.2) is 0 Å². The van der Waals surface area contributed by atoms with Gasteiger partial charge in [-0.3, -0.25) is 0 Å². The molecule has 0 heterocycles. The maximum atomic E-state index is 5.35. The lowest BCUT2D eigenvalue weighted by Gasteiger charge is -2.06. The van der Waals surface area contributed by atoms with Gasteiger partial charge in [-0.2, -0.15) is 0 Å². The van der Waals surface area contributed by atoms with Gasteiger partial charge in [-0.15, -0.1) is 0 Å². The molecule has 1 nitrogen and oxygen atoms in total. The van der Waals surface area contributed by atoms with Crippen LogP contribution in [0.25, 0.3) is 0 Å². The standard InChI is InChI=1S/C4H11N.H2I/c1-4(2,3)5;/h5H2,1-3H3;1H2/q;+1. The van der Waals surface area contributed by atoms with Crippen LogP contribution < -0.4 is 29.7 Å². The second kappa shape index (κ2) is 2.80. The van der Waals surface area contributed by atoms with Gasteiger partial charge in [0.05, 0.1) is 0 Å². The minimum Gasteiger partial charge on any atom is -0.326 e. The molecule has 0 radical (unpaired) electrons. The van der Waals surface area contributed by atoms with E-state index in [1.54, 1.807) is 0 Å². The van der Waals surface area contributed by atoms with Crippen molar-refractivity contribution < 1.29 is 24.0 Å². The Hall–Kier alpha value is 0.690. The molecule has 40 valence electrons. The van der Waals surface area contributed by atoms with Crippen molar-refractivity contribution >= 4 is 0 Å². The highest BCUT2D eigenvalue weighted by molar-refractivity contribution is 4.60. The molecule has 0 aliphatic rings. The molecule has 0 aliphatic heterocycles. The van der Waals surface area contributed by atoms with Gasteiger partial charge < -0.3 is 5.73 Å². The molecule has 0 saturated carbocycles. The number of hydrogen-bond acceptors (Lipinski definition) is 1. The topological polar surface area (TPSA) is 26.0 Å². The second-order valence-electron chi connectivity index (χ2n) is 2.37. The maximum absolute atomic E-state index is 5.35. The van der Waals surface area contributed by atoms with E-state index in [1.165, 1.54) is 0 Å². The summed E-state index contributed by atoms with van der Waals surface area (Å²) >= 11 is 0. The van der Waals surface area contributed by atoms with Crippen LogP contribution in [0.4, 0.5) is 0 Å². The first kappa shape index (κ1) is 9.85. The number of hydrogen-bond donors (Lipinski definition) is 1. The predicted octanol–water partition coefficient (Wildman–Crippen LogP) is -2.79. The van der Waals surface area contributed by atoms with Gasteiger partial charge in [-0.25, -0.2) is 0 Å². The van der Waals surface area contributed by atoms with E-state index in [0.717, 1.165) is 0 Å². The largest absolute Gasteiger partial charge is 0.326 e. The molecular weight excluding hydrogens is 189 g/mol. The van der Waals surface area contributed by atoms with Crippen LogP contribution in [0.3, 0.4) is 0 Å². The van der Waals surface area contributed by atoms with Gasteiger partial charge in [0.25, 0.3) is 0 Å². The van der Waals surface area contributed by atoms with Crippen LogP contribution in [0, 0.1) is 0 Å². The summed E-state index contributed by atoms with van der Waals surface area (Å²) in [4.78, 5) is 0. The molecule has 0 aliphatic carbocycles. The van der Waals surface area contributed by atoms with E-state index in [2.05, 4.69) is 0 Å². The van der Waals surface area contributed by atoms with E-state index in [1.807, 2.05) is 20.8 Å². The molecular formula is C4H13IN+. The van der Waals surface area contributed by atoms with Crippen molar-refractivity contribution in [2.45, 2.75) is 26.3 Å². The molecule has 0 atom stereocenters. The molecule has 2 heteroatoms. The fourth-order valence-electron chi connectivity index (χ4n) is 0. The van der Waals surface area contributed by atoms with E-state index in [-0.39, 0.29) is 29.5 Å². The van der Waals surface area contributed by atoms with E-state index >= 15 is 0 Å². The van der Waals surface area contributed by atoms with Gasteiger partial charge in [-0.1, -0.05) is 0 Å². The molecule has 0 aromatic carbocycles. The Morgan fingerprint density at radius 1 is 1.17 bits per heavy atom. The Morgan fingerprint density at radius 2 is 1.17 bits per heavy atom. The first-order valence-corrected chi connectivity index (χ1v) is 1.79. The summed E-state index contributed by atoms with van der Waals surface area (Å²) < 4.78 is 0. The Balaban J connectivity index is 0. The molecule has 0 fully saturated rings. The molecule has 0 saturated heterocycles. The van der Waals surface area contributed by atoms with Gasteiger partial charge in [0, 0.05) is 5.54 Å². The predicted molar refractivity (Wildman–Crippen MR) is 26.7 cm³/mol. The van der Waals surface area contributed by atoms with Crippen molar-refractivity contribution in [2.24, 2.45) is 5.73 Å². The first-order valence-electron chi connectivity index (χ1n) is 1.79. The zero-order valence-electron chi connectivity index (χ0n) is 4.52. The molecule has 2 N–H and O–H groups in total. The first-order chi connectivity index (χ1) is 2.00. The van der Waals surface area contributed by atoms with Crippen molar-refractivity contribution in [2.75, 3.05) is 0 Å². The second-order valence-corrected chi connectivity index (χ2v) is 2.37. The highest BCUT2D eigenvalue weighted by Gasteiger charge is 1.95. The fourth-order valence-corrected chi connectivity index (χ4v) is 0. The average Bonchev–Trinajstić information content (AvgIpc) is 0.722. The molecule has 0 unspecified atom stereocenters. The summed E-state index contributed by atoms with van der Waals surface area (Å²) in [6.07, 6.45) is 0. The van der Waals surface area contributed by atoms with Gasteiger partial charge in [-0.05, 0) is 20.8 Å². The Kier molecular flexibility index (Phi) is 4.59. The highest BCUT2D eigenvalue weighted by atomic mass is 127. The summed E-state index contributed by atoms with van der Waals surface area (Å²) in [6, 6.07) is 0. The van der Waals surface area contributed by atoms with E-state index in [9.17, 15) is 0 Å². The van der Waals surface area contributed by atoms with Gasteiger partial charge >= 0.3 is 0 Å². The Labute approximate surface area is 56.3 Å². The van der Waals surface area contributed by atoms with Crippen LogP contribution in [0.2, 0.25) is 0 Å². The molecule has 0 bridgehead atoms. The minimum absolute atomic E-state index is 0. The summed E-state index contributed by atoms with van der Waals surface area (Å²) in [5.74, 6) is 0. The van der Waals surface area contributed by atoms with E-state index < -0.39 is 0 Å². The zero-order chi connectivity index (χ0) is 4.50. The van der Waals surface area contributed by atoms with E-state index in [4.69, 9.17) is 5.73 Å². The van der Waals surface area contributed by atoms with Gasteiger partial charge in [0.2, 0.25) is 24.0 Å². The Bertz CT molecular complexity index is 23.0. The number of nitrogens with two attached hydrogens (primary N) is 1. The van der Waals surface area contributed by atoms with Crippen molar-refractivity contribution in [3.05, 3.63) is 0 Å². The summed E-state index contributed by atoms with van der Waals surface area (Å²) in [5, 5.41) is 0. The number of rotatable bonds is 0. The maximum Gasteiger partial charge on any atom is 0.235 e. The van der Waals surface area contributed by atoms with Crippen molar-refractivity contribution in [3.8, 4) is 0 Å². The van der Waals surface area contributed by atoms with Crippen LogP contribution in [-0.2, 0) is 0 Å². The van der Waals surface area contributed by atoms with Crippen LogP contribution in [0.5, 0.6) is 0 Å². The molecule has 0 spiro atoms. The van der Waals surface area contributed by atoms with Crippen LogP contribution in [0.1, 0.15) is 20.8 Å². The van der Waals surface area contributed by atoms with Gasteiger partial charge in [0.1, 0.15) is 0 Å². The zero-order valence-corrected chi connectivity index (χ0v) is 7.08. The summed E-state index contributed by atoms with van der Waals surface area (Å²) in [6.45, 7) is 5.90. The van der Waals surface area contributed by atoms with E-state index in [0.29, 0.717) is 0 Å². The minimum atomic E-state index is 0.